The molecule has 0 aliphatic rings. The van der Waals surface area contributed by atoms with E-state index >= 15 is 0 Å². The van der Waals surface area contributed by atoms with Crippen LogP contribution in [0.15, 0.2) is 53.5 Å². The number of rotatable bonds is 9. The maximum Gasteiger partial charge on any atom is 0.191 e. The lowest BCUT2D eigenvalue weighted by molar-refractivity contribution is 0.146. The smallest absolute Gasteiger partial charge is 0.191 e. The molecule has 2 rings (SSSR count). The average Bonchev–Trinajstić information content (AvgIpc) is 2.66. The molecule has 0 atom stereocenters. The predicted octanol–water partition coefficient (Wildman–Crippen LogP) is 3.11. The third-order valence-corrected chi connectivity index (χ3v) is 3.62. The van der Waals surface area contributed by atoms with E-state index in [2.05, 4.69) is 15.6 Å². The summed E-state index contributed by atoms with van der Waals surface area (Å²) in [6.07, 6.45) is 0. The first-order valence-electron chi connectivity index (χ1n) is 8.68. The Hall–Kier alpha value is -2.60. The number of benzene rings is 2. The molecular weight excluding hydrogens is 333 g/mol. The second-order valence-electron chi connectivity index (χ2n) is 5.66. The van der Waals surface area contributed by atoms with Crippen LogP contribution in [0, 0.1) is 5.82 Å². The Balaban J connectivity index is 1.88. The van der Waals surface area contributed by atoms with E-state index in [1.54, 1.807) is 19.2 Å². The fourth-order valence-corrected chi connectivity index (χ4v) is 2.23. The van der Waals surface area contributed by atoms with E-state index < -0.39 is 0 Å². The van der Waals surface area contributed by atoms with Crippen LogP contribution in [0.4, 0.5) is 4.39 Å². The number of hydrogen-bond donors (Lipinski definition) is 2. The molecule has 0 bridgehead atoms. The van der Waals surface area contributed by atoms with E-state index in [4.69, 9.17) is 9.47 Å². The number of halogens is 1. The van der Waals surface area contributed by atoms with Crippen LogP contribution in [0.1, 0.15) is 18.1 Å². The normalized spacial score (nSPS) is 11.3. The molecule has 0 aliphatic carbocycles. The fraction of sp³-hybridized carbons (Fsp3) is 0.350. The van der Waals surface area contributed by atoms with Gasteiger partial charge in [0.15, 0.2) is 5.96 Å². The molecule has 0 fully saturated rings. The minimum absolute atomic E-state index is 0.232. The predicted molar refractivity (Wildman–Crippen MR) is 102 cm³/mol. The summed E-state index contributed by atoms with van der Waals surface area (Å²) in [5.74, 6) is 1.30. The van der Waals surface area contributed by atoms with E-state index in [1.165, 1.54) is 12.1 Å². The number of nitrogens with one attached hydrogen (secondary N) is 2. The van der Waals surface area contributed by atoms with Gasteiger partial charge in [-0.15, -0.1) is 0 Å². The van der Waals surface area contributed by atoms with E-state index in [9.17, 15) is 4.39 Å². The van der Waals surface area contributed by atoms with E-state index in [1.807, 2.05) is 31.2 Å². The molecule has 0 unspecified atom stereocenters. The van der Waals surface area contributed by atoms with Crippen molar-refractivity contribution in [3.05, 3.63) is 65.5 Å². The van der Waals surface area contributed by atoms with Gasteiger partial charge in [0.2, 0.25) is 0 Å². The number of nitrogens with zero attached hydrogens (tertiary/aromatic N) is 1. The largest absolute Gasteiger partial charge is 0.491 e. The summed E-state index contributed by atoms with van der Waals surface area (Å²) < 4.78 is 23.5. The van der Waals surface area contributed by atoms with Crippen molar-refractivity contribution in [2.24, 2.45) is 4.99 Å². The molecule has 0 saturated carbocycles. The summed E-state index contributed by atoms with van der Waals surface area (Å²) in [5, 5.41) is 6.46. The minimum atomic E-state index is -0.232. The van der Waals surface area contributed by atoms with Gasteiger partial charge in [-0.25, -0.2) is 9.38 Å². The van der Waals surface area contributed by atoms with Gasteiger partial charge in [-0.05, 0) is 42.3 Å². The first-order chi connectivity index (χ1) is 12.7. The van der Waals surface area contributed by atoms with Gasteiger partial charge < -0.3 is 20.1 Å². The summed E-state index contributed by atoms with van der Waals surface area (Å²) in [6.45, 7) is 5.02. The van der Waals surface area contributed by atoms with Gasteiger partial charge in [-0.3, -0.25) is 0 Å². The Morgan fingerprint density at radius 2 is 1.65 bits per heavy atom. The molecule has 6 heteroatoms. The van der Waals surface area contributed by atoms with Crippen LogP contribution < -0.4 is 15.4 Å². The molecule has 26 heavy (non-hydrogen) atoms. The SMILES string of the molecule is CCNC(=NCc1ccc(OCCOC)cc1)NCc1ccc(F)cc1. The van der Waals surface area contributed by atoms with Crippen LogP contribution in [0.3, 0.4) is 0 Å². The highest BCUT2D eigenvalue weighted by Gasteiger charge is 2.00. The Bertz CT molecular complexity index is 672. The summed E-state index contributed by atoms with van der Waals surface area (Å²) in [6, 6.07) is 14.3. The second kappa shape index (κ2) is 11.1. The van der Waals surface area contributed by atoms with Gasteiger partial charge in [0.25, 0.3) is 0 Å². The van der Waals surface area contributed by atoms with Gasteiger partial charge in [0, 0.05) is 20.2 Å². The van der Waals surface area contributed by atoms with Gasteiger partial charge in [0.1, 0.15) is 18.2 Å². The molecule has 140 valence electrons. The number of guanidine groups is 1. The number of methoxy groups -OCH3 is 1. The van der Waals surface area contributed by atoms with Crippen molar-refractivity contribution in [3.63, 3.8) is 0 Å². The van der Waals surface area contributed by atoms with Gasteiger partial charge >= 0.3 is 0 Å². The van der Waals surface area contributed by atoms with Gasteiger partial charge in [-0.2, -0.15) is 0 Å². The monoisotopic (exact) mass is 359 g/mol. The summed E-state index contributed by atoms with van der Waals surface area (Å²) in [5.41, 5.74) is 2.08. The lowest BCUT2D eigenvalue weighted by atomic mass is 10.2. The van der Waals surface area contributed by atoms with Crippen LogP contribution in [0.25, 0.3) is 0 Å². The lowest BCUT2D eigenvalue weighted by Crippen LogP contribution is -2.36. The third-order valence-electron chi connectivity index (χ3n) is 3.62. The molecule has 2 aromatic rings. The Kier molecular flexibility index (Phi) is 8.42. The zero-order valence-electron chi connectivity index (χ0n) is 15.3. The highest BCUT2D eigenvalue weighted by Crippen LogP contribution is 2.12. The van der Waals surface area contributed by atoms with Crippen LogP contribution in [-0.2, 0) is 17.8 Å². The van der Waals surface area contributed by atoms with E-state index in [0.29, 0.717) is 26.3 Å². The van der Waals surface area contributed by atoms with E-state index in [-0.39, 0.29) is 5.82 Å². The van der Waals surface area contributed by atoms with Crippen LogP contribution in [0.5, 0.6) is 5.75 Å². The molecule has 0 saturated heterocycles. The van der Waals surface area contributed by atoms with Crippen molar-refractivity contribution >= 4 is 5.96 Å². The molecule has 5 nitrogen and oxygen atoms in total. The van der Waals surface area contributed by atoms with Crippen molar-refractivity contribution in [2.75, 3.05) is 26.9 Å². The van der Waals surface area contributed by atoms with Crippen molar-refractivity contribution in [2.45, 2.75) is 20.0 Å². The second-order valence-corrected chi connectivity index (χ2v) is 5.66. The van der Waals surface area contributed by atoms with Crippen molar-refractivity contribution in [1.29, 1.82) is 0 Å². The quantitative estimate of drug-likeness (QED) is 0.410. The van der Waals surface area contributed by atoms with Crippen LogP contribution in [0.2, 0.25) is 0 Å². The minimum Gasteiger partial charge on any atom is -0.491 e. The molecule has 0 heterocycles. The number of ether oxygens (including phenoxy) is 2. The van der Waals surface area contributed by atoms with E-state index in [0.717, 1.165) is 29.4 Å². The molecule has 0 spiro atoms. The number of hydrogen-bond acceptors (Lipinski definition) is 3. The Morgan fingerprint density at radius 1 is 0.962 bits per heavy atom. The molecule has 0 radical (unpaired) electrons. The topological polar surface area (TPSA) is 54.9 Å². The maximum absolute atomic E-state index is 13.0. The van der Waals surface area contributed by atoms with Crippen molar-refractivity contribution in [3.8, 4) is 5.75 Å². The molecule has 2 N–H and O–H groups in total. The zero-order valence-corrected chi connectivity index (χ0v) is 15.3. The fourth-order valence-electron chi connectivity index (χ4n) is 2.23. The molecule has 0 amide bonds. The Morgan fingerprint density at radius 3 is 2.31 bits per heavy atom. The summed E-state index contributed by atoms with van der Waals surface area (Å²) >= 11 is 0. The van der Waals surface area contributed by atoms with Crippen LogP contribution >= 0.6 is 0 Å². The summed E-state index contributed by atoms with van der Waals surface area (Å²) in [4.78, 5) is 4.58. The Labute approximate surface area is 154 Å². The maximum atomic E-state index is 13.0. The molecule has 0 aromatic heterocycles. The van der Waals surface area contributed by atoms with Crippen molar-refractivity contribution < 1.29 is 13.9 Å². The van der Waals surface area contributed by atoms with Crippen molar-refractivity contribution in [1.82, 2.24) is 10.6 Å². The highest BCUT2D eigenvalue weighted by atomic mass is 19.1. The highest BCUT2D eigenvalue weighted by molar-refractivity contribution is 5.79. The third kappa shape index (κ3) is 7.11. The zero-order chi connectivity index (χ0) is 18.6. The number of aliphatic imine (C=N–C) groups is 1. The van der Waals surface area contributed by atoms with Crippen LogP contribution in [-0.4, -0.2) is 32.8 Å². The molecule has 2 aromatic carbocycles. The lowest BCUT2D eigenvalue weighted by Gasteiger charge is -2.11. The standard InChI is InChI=1S/C20H26FN3O2/c1-3-22-20(23-14-16-4-8-18(21)9-5-16)24-15-17-6-10-19(11-7-17)26-13-12-25-2/h4-11H,3,12-15H2,1-2H3,(H2,22,23,24). The van der Waals surface area contributed by atoms with Gasteiger partial charge in [-0.1, -0.05) is 24.3 Å². The van der Waals surface area contributed by atoms with Gasteiger partial charge in [0.05, 0.1) is 13.2 Å². The summed E-state index contributed by atoms with van der Waals surface area (Å²) in [7, 11) is 1.65. The first-order valence-corrected chi connectivity index (χ1v) is 8.68. The molecular formula is C20H26FN3O2. The molecule has 0 aliphatic heterocycles. The first kappa shape index (κ1) is 19.7. The average molecular weight is 359 g/mol.